The Morgan fingerprint density at radius 1 is 0.977 bits per heavy atom. The second kappa shape index (κ2) is 14.7. The largest absolute Gasteiger partial charge is 0.445 e. The van der Waals surface area contributed by atoms with E-state index in [0.29, 0.717) is 23.2 Å². The number of benzodiazepines with no additional fused rings is 1. The maximum Gasteiger partial charge on any atom is 0.416 e. The molecule has 11 heteroatoms. The predicted molar refractivity (Wildman–Crippen MR) is 161 cm³/mol. The molecule has 44 heavy (non-hydrogen) atoms. The number of fused-ring (bicyclic) bond motifs is 1. The Hall–Kier alpha value is -4.67. The average molecular weight is 609 g/mol. The predicted octanol–water partition coefficient (Wildman–Crippen LogP) is 6.08. The highest BCUT2D eigenvalue weighted by atomic mass is 19.4. The van der Waals surface area contributed by atoms with Crippen molar-refractivity contribution in [1.29, 1.82) is 0 Å². The number of para-hydroxylation sites is 1. The molecule has 2 atom stereocenters. The summed E-state index contributed by atoms with van der Waals surface area (Å²) in [5.74, 6) is -1.69. The number of carbonyl (C=O) groups is 3. The second-order valence-corrected chi connectivity index (χ2v) is 10.5. The van der Waals surface area contributed by atoms with Gasteiger partial charge in [-0.15, -0.1) is 0 Å². The molecule has 4 rings (SSSR count). The van der Waals surface area contributed by atoms with Crippen LogP contribution < -0.4 is 15.5 Å². The monoisotopic (exact) mass is 608 g/mol. The minimum Gasteiger partial charge on any atom is -0.445 e. The molecule has 0 aliphatic carbocycles. The maximum atomic E-state index is 13.6. The van der Waals surface area contributed by atoms with Crippen molar-refractivity contribution in [2.45, 2.75) is 51.6 Å². The van der Waals surface area contributed by atoms with Crippen molar-refractivity contribution < 1.29 is 32.3 Å². The second-order valence-electron chi connectivity index (χ2n) is 10.5. The lowest BCUT2D eigenvalue weighted by molar-refractivity contribution is -0.137. The number of anilines is 1. The lowest BCUT2D eigenvalue weighted by Crippen LogP contribution is -2.49. The number of amides is 3. The van der Waals surface area contributed by atoms with Crippen LogP contribution >= 0.6 is 0 Å². The van der Waals surface area contributed by atoms with Gasteiger partial charge in [0, 0.05) is 24.7 Å². The van der Waals surface area contributed by atoms with E-state index in [1.807, 2.05) is 37.3 Å². The molecule has 0 saturated carbocycles. The van der Waals surface area contributed by atoms with Crippen LogP contribution in [0.5, 0.6) is 0 Å². The fourth-order valence-electron chi connectivity index (χ4n) is 4.86. The standard InChI is InChI=1S/C33H35F3N4O4/c1-3-4-6-13-24(20-37-32(43)44-21-22-11-7-5-8-12-22)30(41)39-29-31(42)40(2)27-15-10-9-14-26(27)28(38-29)23-16-18-25(19-17-23)33(34,35)36/h5,7-12,14-19,24,29H,3-4,6,13,20-21H2,1-2H3,(H,37,43)(H,39,41)/t24-,29?/m0/s1. The number of rotatable bonds is 11. The van der Waals surface area contributed by atoms with Crippen molar-refractivity contribution >= 4 is 29.3 Å². The summed E-state index contributed by atoms with van der Waals surface area (Å²) in [5.41, 5.74) is 1.65. The fraction of sp³-hybridized carbons (Fsp3) is 0.333. The van der Waals surface area contributed by atoms with Crippen LogP contribution in [0, 0.1) is 5.92 Å². The quantitative estimate of drug-likeness (QED) is 0.258. The molecule has 2 N–H and O–H groups in total. The van der Waals surface area contributed by atoms with Gasteiger partial charge < -0.3 is 20.3 Å². The van der Waals surface area contributed by atoms with Crippen LogP contribution in [0.1, 0.15) is 54.9 Å². The van der Waals surface area contributed by atoms with E-state index in [4.69, 9.17) is 4.74 Å². The van der Waals surface area contributed by atoms with Crippen LogP contribution in [0.4, 0.5) is 23.7 Å². The summed E-state index contributed by atoms with van der Waals surface area (Å²) in [7, 11) is 1.55. The highest BCUT2D eigenvalue weighted by molar-refractivity contribution is 6.20. The summed E-state index contributed by atoms with van der Waals surface area (Å²) < 4.78 is 45.0. The van der Waals surface area contributed by atoms with Crippen LogP contribution in [-0.2, 0) is 27.1 Å². The lowest BCUT2D eigenvalue weighted by Gasteiger charge is -2.23. The van der Waals surface area contributed by atoms with Gasteiger partial charge >= 0.3 is 12.3 Å². The SMILES string of the molecule is CCCCC[C@@H](CNC(=O)OCc1ccccc1)C(=O)NC1N=C(c2ccc(C(F)(F)F)cc2)c2ccccc2N(C)C1=O. The topological polar surface area (TPSA) is 100 Å². The summed E-state index contributed by atoms with van der Waals surface area (Å²) in [6, 6.07) is 20.6. The highest BCUT2D eigenvalue weighted by Crippen LogP contribution is 2.31. The zero-order valence-electron chi connectivity index (χ0n) is 24.6. The molecular formula is C33H35F3N4O4. The van der Waals surface area contributed by atoms with Gasteiger partial charge in [0.15, 0.2) is 0 Å². The number of hydrogen-bond donors (Lipinski definition) is 2. The molecule has 8 nitrogen and oxygen atoms in total. The molecule has 0 aromatic heterocycles. The minimum absolute atomic E-state index is 0.0182. The molecule has 0 radical (unpaired) electrons. The summed E-state index contributed by atoms with van der Waals surface area (Å²) >= 11 is 0. The fourth-order valence-corrected chi connectivity index (χ4v) is 4.86. The van der Waals surface area contributed by atoms with Gasteiger partial charge in [-0.05, 0) is 30.2 Å². The number of nitrogens with one attached hydrogen (secondary N) is 2. The van der Waals surface area contributed by atoms with E-state index < -0.39 is 41.7 Å². The zero-order valence-corrected chi connectivity index (χ0v) is 24.6. The number of unbranched alkanes of at least 4 members (excludes halogenated alkanes) is 2. The molecule has 0 spiro atoms. The van der Waals surface area contributed by atoms with E-state index in [9.17, 15) is 27.6 Å². The Morgan fingerprint density at radius 2 is 1.66 bits per heavy atom. The third-order valence-corrected chi connectivity index (χ3v) is 7.34. The Kier molecular flexibility index (Phi) is 10.8. The molecule has 1 aliphatic rings. The summed E-state index contributed by atoms with van der Waals surface area (Å²) in [6.07, 6.45) is -3.57. The van der Waals surface area contributed by atoms with Crippen LogP contribution in [-0.4, -0.2) is 43.4 Å². The molecule has 1 heterocycles. The van der Waals surface area contributed by atoms with E-state index in [-0.39, 0.29) is 18.9 Å². The number of nitrogens with zero attached hydrogens (tertiary/aromatic N) is 2. The Balaban J connectivity index is 1.55. The summed E-state index contributed by atoms with van der Waals surface area (Å²) in [6.45, 7) is 2.09. The highest BCUT2D eigenvalue weighted by Gasteiger charge is 2.34. The number of alkyl halides is 3. The molecule has 0 bridgehead atoms. The van der Waals surface area contributed by atoms with Gasteiger partial charge in [0.2, 0.25) is 12.1 Å². The Labute approximate surface area is 254 Å². The van der Waals surface area contributed by atoms with E-state index in [1.165, 1.54) is 17.0 Å². The smallest absolute Gasteiger partial charge is 0.416 e. The van der Waals surface area contributed by atoms with Gasteiger partial charge in [-0.1, -0.05) is 86.8 Å². The third kappa shape index (κ3) is 8.24. The van der Waals surface area contributed by atoms with Gasteiger partial charge in [-0.2, -0.15) is 13.2 Å². The number of ether oxygens (including phenoxy) is 1. The Morgan fingerprint density at radius 3 is 2.34 bits per heavy atom. The molecule has 1 aliphatic heterocycles. The number of aliphatic imine (C=N–C) groups is 1. The molecule has 3 amide bonds. The van der Waals surface area contributed by atoms with Gasteiger partial charge in [0.1, 0.15) is 6.61 Å². The number of halogens is 3. The van der Waals surface area contributed by atoms with Crippen LogP contribution in [0.3, 0.4) is 0 Å². The Bertz CT molecular complexity index is 1480. The van der Waals surface area contributed by atoms with Crippen molar-refractivity contribution in [2.75, 3.05) is 18.5 Å². The number of benzene rings is 3. The van der Waals surface area contributed by atoms with E-state index in [2.05, 4.69) is 15.6 Å². The number of alkyl carbamates (subject to hydrolysis) is 1. The lowest BCUT2D eigenvalue weighted by atomic mass is 9.99. The van der Waals surface area contributed by atoms with Crippen LogP contribution in [0.15, 0.2) is 83.9 Å². The number of hydrogen-bond acceptors (Lipinski definition) is 5. The molecule has 3 aromatic carbocycles. The van der Waals surface area contributed by atoms with Gasteiger partial charge in [0.05, 0.1) is 22.9 Å². The third-order valence-electron chi connectivity index (χ3n) is 7.34. The maximum absolute atomic E-state index is 13.6. The molecule has 0 saturated heterocycles. The van der Waals surface area contributed by atoms with Crippen molar-refractivity contribution in [3.05, 3.63) is 101 Å². The zero-order chi connectivity index (χ0) is 31.7. The van der Waals surface area contributed by atoms with E-state index in [0.717, 1.165) is 37.0 Å². The number of likely N-dealkylation sites (N-methyl/N-ethyl adjacent to an activating group) is 1. The summed E-state index contributed by atoms with van der Waals surface area (Å²) in [5, 5.41) is 5.38. The van der Waals surface area contributed by atoms with Crippen molar-refractivity contribution in [3.8, 4) is 0 Å². The number of carbonyl (C=O) groups excluding carboxylic acids is 3. The van der Waals surface area contributed by atoms with Gasteiger partial charge in [-0.3, -0.25) is 9.59 Å². The first-order chi connectivity index (χ1) is 21.1. The molecule has 0 fully saturated rings. The molecule has 3 aromatic rings. The molecular weight excluding hydrogens is 573 g/mol. The van der Waals surface area contributed by atoms with Gasteiger partial charge in [0.25, 0.3) is 5.91 Å². The minimum atomic E-state index is -4.51. The van der Waals surface area contributed by atoms with Crippen molar-refractivity contribution in [2.24, 2.45) is 10.9 Å². The van der Waals surface area contributed by atoms with Crippen molar-refractivity contribution in [1.82, 2.24) is 10.6 Å². The summed E-state index contributed by atoms with van der Waals surface area (Å²) in [4.78, 5) is 45.5. The van der Waals surface area contributed by atoms with Gasteiger partial charge in [-0.25, -0.2) is 9.79 Å². The first-order valence-corrected chi connectivity index (χ1v) is 14.5. The van der Waals surface area contributed by atoms with E-state index >= 15 is 0 Å². The molecule has 1 unspecified atom stereocenters. The first kappa shape index (κ1) is 32.2. The normalized spacial score (nSPS) is 15.5. The van der Waals surface area contributed by atoms with Crippen LogP contribution in [0.25, 0.3) is 0 Å². The van der Waals surface area contributed by atoms with E-state index in [1.54, 1.807) is 31.3 Å². The first-order valence-electron chi connectivity index (χ1n) is 14.5. The average Bonchev–Trinajstić information content (AvgIpc) is 3.12. The van der Waals surface area contributed by atoms with Crippen LogP contribution in [0.2, 0.25) is 0 Å². The molecule has 232 valence electrons. The van der Waals surface area contributed by atoms with Crippen molar-refractivity contribution in [3.63, 3.8) is 0 Å².